The predicted molar refractivity (Wildman–Crippen MR) is 107 cm³/mol. The van der Waals surface area contributed by atoms with Gasteiger partial charge in [0.15, 0.2) is 0 Å². The summed E-state index contributed by atoms with van der Waals surface area (Å²) in [5, 5.41) is 2.78. The van der Waals surface area contributed by atoms with E-state index in [1.54, 1.807) is 24.0 Å². The number of anilines is 1. The first-order chi connectivity index (χ1) is 12.7. The molecule has 0 saturated carbocycles. The minimum atomic E-state index is -0.605. The van der Waals surface area contributed by atoms with Crippen molar-refractivity contribution in [2.75, 3.05) is 5.32 Å². The lowest BCUT2D eigenvalue weighted by atomic mass is 10.1. The van der Waals surface area contributed by atoms with Gasteiger partial charge in [-0.2, -0.15) is 0 Å². The summed E-state index contributed by atoms with van der Waals surface area (Å²) < 4.78 is 0. The van der Waals surface area contributed by atoms with Crippen molar-refractivity contribution in [2.24, 2.45) is 5.73 Å². The highest BCUT2D eigenvalue weighted by atomic mass is 32.2. The van der Waals surface area contributed by atoms with Gasteiger partial charge in [-0.1, -0.05) is 60.7 Å². The van der Waals surface area contributed by atoms with E-state index in [0.29, 0.717) is 12.2 Å². The molecule has 0 bridgehead atoms. The number of aromatic nitrogens is 1. The average molecular weight is 363 g/mol. The number of nitrogens with one attached hydrogen (secondary N) is 1. The molecule has 4 nitrogen and oxygen atoms in total. The average Bonchev–Trinajstić information content (AvgIpc) is 2.69. The Bertz CT molecular complexity index is 823. The summed E-state index contributed by atoms with van der Waals surface area (Å²) in [5.74, 6) is 1.17. The van der Waals surface area contributed by atoms with Crippen molar-refractivity contribution in [2.45, 2.75) is 23.1 Å². The molecule has 0 radical (unpaired) electrons. The van der Waals surface area contributed by atoms with E-state index in [4.69, 9.17) is 5.73 Å². The Balaban J connectivity index is 1.51. The Morgan fingerprint density at radius 2 is 1.62 bits per heavy atom. The maximum absolute atomic E-state index is 12.2. The number of amides is 1. The molecule has 2 aromatic carbocycles. The molecule has 1 unspecified atom stereocenters. The summed E-state index contributed by atoms with van der Waals surface area (Å²) >= 11 is 1.71. The van der Waals surface area contributed by atoms with Crippen LogP contribution in [-0.4, -0.2) is 16.9 Å². The molecule has 0 spiro atoms. The molecular formula is C21H21N3OS. The molecule has 1 amide bonds. The summed E-state index contributed by atoms with van der Waals surface area (Å²) in [5.41, 5.74) is 8.30. The van der Waals surface area contributed by atoms with Gasteiger partial charge in [0.1, 0.15) is 5.82 Å². The number of thioether (sulfide) groups is 1. The maximum atomic E-state index is 12.2. The van der Waals surface area contributed by atoms with Crippen LogP contribution < -0.4 is 11.1 Å². The second kappa shape index (κ2) is 9.17. The minimum Gasteiger partial charge on any atom is -0.320 e. The summed E-state index contributed by atoms with van der Waals surface area (Å²) in [6.45, 7) is 0. The first-order valence-electron chi connectivity index (χ1n) is 8.44. The molecule has 1 aromatic heterocycles. The van der Waals surface area contributed by atoms with Gasteiger partial charge >= 0.3 is 0 Å². The van der Waals surface area contributed by atoms with Gasteiger partial charge in [0.05, 0.1) is 6.04 Å². The number of pyridine rings is 1. The Kier molecular flexibility index (Phi) is 6.41. The number of carbonyl (C=O) groups is 1. The smallest absolute Gasteiger partial charge is 0.242 e. The van der Waals surface area contributed by atoms with Gasteiger partial charge in [0.2, 0.25) is 5.91 Å². The van der Waals surface area contributed by atoms with Gasteiger partial charge < -0.3 is 11.1 Å². The van der Waals surface area contributed by atoms with Gasteiger partial charge in [-0.3, -0.25) is 4.79 Å². The van der Waals surface area contributed by atoms with Crippen molar-refractivity contribution in [1.29, 1.82) is 0 Å². The highest BCUT2D eigenvalue weighted by Gasteiger charge is 2.14. The Labute approximate surface area is 157 Å². The minimum absolute atomic E-state index is 0.231. The molecule has 0 saturated heterocycles. The number of rotatable bonds is 7. The van der Waals surface area contributed by atoms with E-state index in [2.05, 4.69) is 22.4 Å². The summed E-state index contributed by atoms with van der Waals surface area (Å²) in [6, 6.07) is 23.2. The molecule has 3 N–H and O–H groups in total. The van der Waals surface area contributed by atoms with Crippen molar-refractivity contribution < 1.29 is 4.79 Å². The second-order valence-electron chi connectivity index (χ2n) is 5.94. The number of carbonyl (C=O) groups excluding carboxylic acids is 1. The van der Waals surface area contributed by atoms with E-state index in [1.165, 1.54) is 5.56 Å². The van der Waals surface area contributed by atoms with Gasteiger partial charge in [-0.15, -0.1) is 11.8 Å². The van der Waals surface area contributed by atoms with Gasteiger partial charge in [0, 0.05) is 16.8 Å². The molecule has 1 atom stereocenters. The largest absolute Gasteiger partial charge is 0.320 e. The third kappa shape index (κ3) is 5.44. The summed E-state index contributed by atoms with van der Waals surface area (Å²) in [6.07, 6.45) is 2.27. The number of nitrogens with two attached hydrogens (primary N) is 1. The van der Waals surface area contributed by atoms with E-state index in [-0.39, 0.29) is 5.91 Å². The van der Waals surface area contributed by atoms with Crippen LogP contribution in [0.3, 0.4) is 0 Å². The first kappa shape index (κ1) is 18.2. The van der Waals surface area contributed by atoms with Crippen LogP contribution >= 0.6 is 11.8 Å². The summed E-state index contributed by atoms with van der Waals surface area (Å²) in [7, 11) is 0. The zero-order valence-corrected chi connectivity index (χ0v) is 15.2. The normalized spacial score (nSPS) is 11.7. The van der Waals surface area contributed by atoms with Crippen LogP contribution in [-0.2, 0) is 17.0 Å². The lowest BCUT2D eigenvalue weighted by Crippen LogP contribution is -2.37. The second-order valence-corrected chi connectivity index (χ2v) is 6.99. The van der Waals surface area contributed by atoms with Gasteiger partial charge in [-0.25, -0.2) is 4.98 Å². The van der Waals surface area contributed by atoms with Crippen molar-refractivity contribution >= 4 is 23.5 Å². The Hall–Kier alpha value is -2.63. The molecular weight excluding hydrogens is 342 g/mol. The van der Waals surface area contributed by atoms with E-state index in [1.807, 2.05) is 54.6 Å². The van der Waals surface area contributed by atoms with Crippen LogP contribution in [0.4, 0.5) is 5.82 Å². The van der Waals surface area contributed by atoms with Gasteiger partial charge in [-0.05, 0) is 29.7 Å². The SMILES string of the molecule is NC(Cc1ccccc1)C(=O)Nc1ccc(SCc2ccccc2)cn1. The quantitative estimate of drug-likeness (QED) is 0.625. The monoisotopic (exact) mass is 363 g/mol. The molecule has 0 aliphatic carbocycles. The number of hydrogen-bond acceptors (Lipinski definition) is 4. The number of nitrogens with zero attached hydrogens (tertiary/aromatic N) is 1. The predicted octanol–water partition coefficient (Wildman–Crippen LogP) is 3.88. The van der Waals surface area contributed by atoms with E-state index < -0.39 is 6.04 Å². The molecule has 26 heavy (non-hydrogen) atoms. The van der Waals surface area contributed by atoms with Crippen LogP contribution in [0.2, 0.25) is 0 Å². The highest BCUT2D eigenvalue weighted by Crippen LogP contribution is 2.22. The van der Waals surface area contributed by atoms with Crippen LogP contribution in [0.25, 0.3) is 0 Å². The molecule has 5 heteroatoms. The third-order valence-corrected chi connectivity index (χ3v) is 4.92. The Morgan fingerprint density at radius 3 is 2.23 bits per heavy atom. The molecule has 0 aliphatic heterocycles. The number of benzene rings is 2. The molecule has 0 aliphatic rings. The van der Waals surface area contributed by atoms with Crippen molar-refractivity contribution in [3.8, 4) is 0 Å². The molecule has 132 valence electrons. The van der Waals surface area contributed by atoms with Crippen LogP contribution in [0.1, 0.15) is 11.1 Å². The summed E-state index contributed by atoms with van der Waals surface area (Å²) in [4.78, 5) is 17.6. The zero-order chi connectivity index (χ0) is 18.2. The first-order valence-corrected chi connectivity index (χ1v) is 9.42. The molecule has 3 rings (SSSR count). The van der Waals surface area contributed by atoms with Crippen LogP contribution in [0, 0.1) is 0 Å². The molecule has 1 heterocycles. The lowest BCUT2D eigenvalue weighted by Gasteiger charge is -2.12. The molecule has 0 fully saturated rings. The molecule has 3 aromatic rings. The maximum Gasteiger partial charge on any atom is 0.242 e. The van der Waals surface area contributed by atoms with Crippen molar-refractivity contribution in [3.63, 3.8) is 0 Å². The van der Waals surface area contributed by atoms with E-state index >= 15 is 0 Å². The zero-order valence-electron chi connectivity index (χ0n) is 14.3. The number of hydrogen-bond donors (Lipinski definition) is 2. The van der Waals surface area contributed by atoms with Gasteiger partial charge in [0.25, 0.3) is 0 Å². The lowest BCUT2D eigenvalue weighted by molar-refractivity contribution is -0.117. The van der Waals surface area contributed by atoms with Crippen molar-refractivity contribution in [3.05, 3.63) is 90.1 Å². The fourth-order valence-electron chi connectivity index (χ4n) is 2.46. The van der Waals surface area contributed by atoms with Crippen LogP contribution in [0.15, 0.2) is 83.9 Å². The topological polar surface area (TPSA) is 68.0 Å². The third-order valence-electron chi connectivity index (χ3n) is 3.87. The fourth-order valence-corrected chi connectivity index (χ4v) is 3.28. The van der Waals surface area contributed by atoms with E-state index in [0.717, 1.165) is 16.2 Å². The highest BCUT2D eigenvalue weighted by molar-refractivity contribution is 7.98. The standard InChI is InChI=1S/C21H21N3OS/c22-19(13-16-7-3-1-4-8-16)21(25)24-20-12-11-18(14-23-20)26-15-17-9-5-2-6-10-17/h1-12,14,19H,13,15,22H2,(H,23,24,25). The van der Waals surface area contributed by atoms with Crippen LogP contribution in [0.5, 0.6) is 0 Å². The van der Waals surface area contributed by atoms with E-state index in [9.17, 15) is 4.79 Å². The van der Waals surface area contributed by atoms with Crippen molar-refractivity contribution in [1.82, 2.24) is 4.98 Å². The Morgan fingerprint density at radius 1 is 0.962 bits per heavy atom. The fraction of sp³-hybridized carbons (Fsp3) is 0.143.